The molecule has 0 bridgehead atoms. The second kappa shape index (κ2) is 8.14. The topological polar surface area (TPSA) is 57.0 Å². The van der Waals surface area contributed by atoms with Gasteiger partial charge >= 0.3 is 5.97 Å². The van der Waals surface area contributed by atoms with Crippen LogP contribution < -0.4 is 0 Å². The first-order valence-corrected chi connectivity index (χ1v) is 9.85. The summed E-state index contributed by atoms with van der Waals surface area (Å²) in [5.74, 6) is -0.262. The number of halogens is 1. The number of hydrogen-bond acceptors (Lipinski definition) is 5. The molecule has 0 spiro atoms. The molecule has 0 aliphatic heterocycles. The average molecular weight is 399 g/mol. The first-order chi connectivity index (χ1) is 13.2. The number of hydrogen-bond donors (Lipinski definition) is 0. The molecule has 0 saturated carbocycles. The largest absolute Gasteiger partial charge is 0.459 e. The van der Waals surface area contributed by atoms with Crippen molar-refractivity contribution in [1.29, 1.82) is 0 Å². The molecule has 0 fully saturated rings. The van der Waals surface area contributed by atoms with Gasteiger partial charge in [0.2, 0.25) is 0 Å². The number of thioether (sulfide) groups is 1. The summed E-state index contributed by atoms with van der Waals surface area (Å²) >= 11 is 1.21. The summed E-state index contributed by atoms with van der Waals surface area (Å²) in [6, 6.07) is 14.2. The molecule has 0 N–H and O–H groups in total. The maximum absolute atomic E-state index is 14.4. The third-order valence-electron chi connectivity index (χ3n) is 3.78. The van der Waals surface area contributed by atoms with Crippen molar-refractivity contribution < 1.29 is 13.9 Å². The predicted octanol–water partition coefficient (Wildman–Crippen LogP) is 4.82. The molecule has 0 saturated heterocycles. The summed E-state index contributed by atoms with van der Waals surface area (Å²) in [7, 11) is 0. The number of nitrogens with zero attached hydrogens (tertiary/aromatic N) is 3. The smallest absolute Gasteiger partial charge is 0.316 e. The molecule has 5 nitrogen and oxygen atoms in total. The van der Waals surface area contributed by atoms with E-state index in [1.165, 1.54) is 17.8 Å². The van der Waals surface area contributed by atoms with E-state index in [0.29, 0.717) is 16.5 Å². The number of carbonyl (C=O) groups is 1. The van der Waals surface area contributed by atoms with Crippen molar-refractivity contribution in [2.24, 2.45) is 0 Å². The number of carbonyl (C=O) groups excluding carboxylic acids is 1. The standard InChI is InChI=1S/C21H22FN3O2S/c1-14-9-11-15(12-10-14)25-19(16-7-5-6-8-17(16)22)23-24-20(25)28-13-18(26)27-21(2,3)4/h5-12H,13H2,1-4H3. The summed E-state index contributed by atoms with van der Waals surface area (Å²) in [4.78, 5) is 12.1. The van der Waals surface area contributed by atoms with E-state index >= 15 is 0 Å². The van der Waals surface area contributed by atoms with Gasteiger partial charge in [-0.3, -0.25) is 9.36 Å². The Morgan fingerprint density at radius 3 is 2.43 bits per heavy atom. The second-order valence-electron chi connectivity index (χ2n) is 7.33. The Kier molecular flexibility index (Phi) is 5.84. The zero-order valence-electron chi connectivity index (χ0n) is 16.3. The van der Waals surface area contributed by atoms with E-state index in [0.717, 1.165) is 11.3 Å². The van der Waals surface area contributed by atoms with Crippen LogP contribution in [0.1, 0.15) is 26.3 Å². The predicted molar refractivity (Wildman–Crippen MR) is 108 cm³/mol. The maximum Gasteiger partial charge on any atom is 0.316 e. The third-order valence-corrected chi connectivity index (χ3v) is 4.68. The lowest BCUT2D eigenvalue weighted by atomic mass is 10.2. The van der Waals surface area contributed by atoms with Crippen LogP contribution in [0.3, 0.4) is 0 Å². The Labute approximate surface area is 167 Å². The lowest BCUT2D eigenvalue weighted by Gasteiger charge is -2.19. The van der Waals surface area contributed by atoms with Gasteiger partial charge in [-0.15, -0.1) is 10.2 Å². The molecule has 0 aliphatic rings. The fraction of sp³-hybridized carbons (Fsp3) is 0.286. The molecule has 3 rings (SSSR count). The first-order valence-electron chi connectivity index (χ1n) is 8.86. The van der Waals surface area contributed by atoms with Crippen LogP contribution in [0.5, 0.6) is 0 Å². The maximum atomic E-state index is 14.4. The third kappa shape index (κ3) is 4.78. The molecule has 0 amide bonds. The van der Waals surface area contributed by atoms with E-state index in [1.54, 1.807) is 22.8 Å². The van der Waals surface area contributed by atoms with Gasteiger partial charge < -0.3 is 4.74 Å². The molecule has 28 heavy (non-hydrogen) atoms. The second-order valence-corrected chi connectivity index (χ2v) is 8.27. The van der Waals surface area contributed by atoms with Gasteiger partial charge in [-0.2, -0.15) is 0 Å². The van der Waals surface area contributed by atoms with Gasteiger partial charge in [-0.05, 0) is 52.0 Å². The molecule has 3 aromatic rings. The molecular formula is C21H22FN3O2S. The molecular weight excluding hydrogens is 377 g/mol. The van der Waals surface area contributed by atoms with Crippen LogP contribution in [-0.4, -0.2) is 32.1 Å². The zero-order valence-corrected chi connectivity index (χ0v) is 17.1. The molecule has 2 aromatic carbocycles. The fourth-order valence-corrected chi connectivity index (χ4v) is 3.33. The van der Waals surface area contributed by atoms with Gasteiger partial charge in [0.15, 0.2) is 11.0 Å². The molecule has 7 heteroatoms. The number of ether oxygens (including phenoxy) is 1. The van der Waals surface area contributed by atoms with Gasteiger partial charge in [0.05, 0.1) is 11.3 Å². The van der Waals surface area contributed by atoms with Crippen molar-refractivity contribution in [1.82, 2.24) is 14.8 Å². The molecule has 146 valence electrons. The minimum absolute atomic E-state index is 0.0819. The Hall–Kier alpha value is -2.67. The monoisotopic (exact) mass is 399 g/mol. The fourth-order valence-electron chi connectivity index (χ4n) is 2.60. The van der Waals surface area contributed by atoms with Crippen LogP contribution in [0.25, 0.3) is 17.1 Å². The molecule has 0 unspecified atom stereocenters. The van der Waals surface area contributed by atoms with Crippen LogP contribution in [0.2, 0.25) is 0 Å². The van der Waals surface area contributed by atoms with Crippen LogP contribution in [0, 0.1) is 12.7 Å². The van der Waals surface area contributed by atoms with E-state index in [-0.39, 0.29) is 17.5 Å². The van der Waals surface area contributed by atoms with Crippen molar-refractivity contribution in [3.8, 4) is 17.1 Å². The SMILES string of the molecule is Cc1ccc(-n2c(SCC(=O)OC(C)(C)C)nnc2-c2ccccc2F)cc1. The average Bonchev–Trinajstić information content (AvgIpc) is 3.03. The van der Waals surface area contributed by atoms with E-state index in [9.17, 15) is 9.18 Å². The summed E-state index contributed by atoms with van der Waals surface area (Å²) in [5, 5.41) is 8.89. The molecule has 0 aliphatic carbocycles. The van der Waals surface area contributed by atoms with Gasteiger partial charge in [-0.25, -0.2) is 4.39 Å². The summed E-state index contributed by atoms with van der Waals surface area (Å²) in [6.07, 6.45) is 0. The highest BCUT2D eigenvalue weighted by molar-refractivity contribution is 7.99. The first kappa shape index (κ1) is 20.1. The van der Waals surface area contributed by atoms with Crippen LogP contribution in [0.15, 0.2) is 53.7 Å². The highest BCUT2D eigenvalue weighted by Crippen LogP contribution is 2.29. The van der Waals surface area contributed by atoms with Gasteiger partial charge in [0.25, 0.3) is 0 Å². The van der Waals surface area contributed by atoms with Gasteiger partial charge in [0, 0.05) is 5.69 Å². The molecule has 0 radical (unpaired) electrons. The number of aromatic nitrogens is 3. The van der Waals surface area contributed by atoms with Crippen molar-refractivity contribution >= 4 is 17.7 Å². The number of aryl methyl sites for hydroxylation is 1. The molecule has 1 aromatic heterocycles. The quantitative estimate of drug-likeness (QED) is 0.455. The Balaban J connectivity index is 1.98. The highest BCUT2D eigenvalue weighted by Gasteiger charge is 2.21. The highest BCUT2D eigenvalue weighted by atomic mass is 32.2. The van der Waals surface area contributed by atoms with E-state index < -0.39 is 5.60 Å². The summed E-state index contributed by atoms with van der Waals surface area (Å²) < 4.78 is 21.5. The number of rotatable bonds is 5. The normalized spacial score (nSPS) is 11.5. The van der Waals surface area contributed by atoms with E-state index in [2.05, 4.69) is 10.2 Å². The minimum Gasteiger partial charge on any atom is -0.459 e. The van der Waals surface area contributed by atoms with E-state index in [4.69, 9.17) is 4.74 Å². The van der Waals surface area contributed by atoms with Crippen molar-refractivity contribution in [2.45, 2.75) is 38.5 Å². The molecule has 0 atom stereocenters. The van der Waals surface area contributed by atoms with Crippen molar-refractivity contribution in [3.63, 3.8) is 0 Å². The zero-order chi connectivity index (χ0) is 20.3. The number of esters is 1. The lowest BCUT2D eigenvalue weighted by Crippen LogP contribution is -2.25. The molecule has 1 heterocycles. The summed E-state index contributed by atoms with van der Waals surface area (Å²) in [5.41, 5.74) is 1.69. The van der Waals surface area contributed by atoms with Gasteiger partial charge in [-0.1, -0.05) is 41.6 Å². The van der Waals surface area contributed by atoms with Crippen molar-refractivity contribution in [3.05, 3.63) is 59.9 Å². The number of benzene rings is 2. The summed E-state index contributed by atoms with van der Waals surface area (Å²) in [6.45, 7) is 7.45. The minimum atomic E-state index is -0.555. The van der Waals surface area contributed by atoms with E-state index in [1.807, 2.05) is 52.0 Å². The van der Waals surface area contributed by atoms with Crippen molar-refractivity contribution in [2.75, 3.05) is 5.75 Å². The van der Waals surface area contributed by atoms with Crippen LogP contribution in [0.4, 0.5) is 4.39 Å². The Morgan fingerprint density at radius 1 is 1.11 bits per heavy atom. The van der Waals surface area contributed by atoms with Gasteiger partial charge in [0.1, 0.15) is 11.4 Å². The van der Waals surface area contributed by atoms with Crippen LogP contribution in [-0.2, 0) is 9.53 Å². The Bertz CT molecular complexity index is 978. The Morgan fingerprint density at radius 2 is 1.79 bits per heavy atom. The van der Waals surface area contributed by atoms with Crippen LogP contribution >= 0.6 is 11.8 Å². The lowest BCUT2D eigenvalue weighted by molar-refractivity contribution is -0.151.